The zero-order valence-electron chi connectivity index (χ0n) is 15.3. The summed E-state index contributed by atoms with van der Waals surface area (Å²) in [6.07, 6.45) is 0.856. The molecule has 0 aliphatic rings. The van der Waals surface area contributed by atoms with Gasteiger partial charge in [-0.15, -0.1) is 0 Å². The van der Waals surface area contributed by atoms with Gasteiger partial charge in [-0.25, -0.2) is 14.8 Å². The van der Waals surface area contributed by atoms with Crippen molar-refractivity contribution in [1.29, 1.82) is 0 Å². The summed E-state index contributed by atoms with van der Waals surface area (Å²) in [6, 6.07) is 5.15. The molecule has 0 unspecified atom stereocenters. The molecule has 9 heteroatoms. The first-order valence-electron chi connectivity index (χ1n) is 8.56. The molecular formula is C18H20N4O3S2. The average molecular weight is 405 g/mol. The number of benzene rings is 1. The van der Waals surface area contributed by atoms with Gasteiger partial charge in [0.25, 0.3) is 0 Å². The number of nitrogens with zero attached hydrogens (tertiary/aromatic N) is 2. The lowest BCUT2D eigenvalue weighted by molar-refractivity contribution is -0.113. The highest BCUT2D eigenvalue weighted by molar-refractivity contribution is 7.99. The standard InChI is InChI=1S/C18H20N4O3S2/c1-4-12-10(3)19-17(20-12)26-9-15(23)22-18-21-13-7-6-11(8-14(13)27-18)16(24)25-5-2/h6-8H,4-5,9H2,1-3H3,(H,19,20)(H,21,22,23). The van der Waals surface area contributed by atoms with E-state index in [0.29, 0.717) is 17.3 Å². The minimum Gasteiger partial charge on any atom is -0.462 e. The summed E-state index contributed by atoms with van der Waals surface area (Å²) >= 11 is 2.68. The number of aromatic amines is 1. The van der Waals surface area contributed by atoms with Crippen LogP contribution in [0.5, 0.6) is 0 Å². The topological polar surface area (TPSA) is 97.0 Å². The van der Waals surface area contributed by atoms with E-state index in [9.17, 15) is 9.59 Å². The van der Waals surface area contributed by atoms with Crippen LogP contribution in [0, 0.1) is 6.92 Å². The van der Waals surface area contributed by atoms with E-state index in [-0.39, 0.29) is 17.6 Å². The maximum Gasteiger partial charge on any atom is 0.338 e. The highest BCUT2D eigenvalue weighted by Crippen LogP contribution is 2.27. The van der Waals surface area contributed by atoms with Crippen molar-refractivity contribution in [2.24, 2.45) is 0 Å². The zero-order chi connectivity index (χ0) is 19.4. The van der Waals surface area contributed by atoms with E-state index < -0.39 is 0 Å². The fraction of sp³-hybridized carbons (Fsp3) is 0.333. The van der Waals surface area contributed by atoms with Gasteiger partial charge in [0, 0.05) is 5.69 Å². The number of imidazole rings is 1. The third kappa shape index (κ3) is 4.67. The molecule has 0 aliphatic carbocycles. The lowest BCUT2D eigenvalue weighted by Crippen LogP contribution is -2.13. The van der Waals surface area contributed by atoms with E-state index in [1.165, 1.54) is 23.1 Å². The van der Waals surface area contributed by atoms with Gasteiger partial charge >= 0.3 is 5.97 Å². The molecule has 0 fully saturated rings. The van der Waals surface area contributed by atoms with Crippen LogP contribution in [0.25, 0.3) is 10.2 Å². The van der Waals surface area contributed by atoms with Gasteiger partial charge in [-0.1, -0.05) is 30.0 Å². The highest BCUT2D eigenvalue weighted by Gasteiger charge is 2.13. The minimum atomic E-state index is -0.366. The molecule has 0 bridgehead atoms. The van der Waals surface area contributed by atoms with Crippen LogP contribution in [0.1, 0.15) is 35.6 Å². The van der Waals surface area contributed by atoms with Crippen molar-refractivity contribution >= 4 is 50.3 Å². The summed E-state index contributed by atoms with van der Waals surface area (Å²) in [6.45, 7) is 6.11. The van der Waals surface area contributed by atoms with Gasteiger partial charge in [-0.3, -0.25) is 4.79 Å². The molecule has 0 aliphatic heterocycles. The van der Waals surface area contributed by atoms with Crippen LogP contribution >= 0.6 is 23.1 Å². The highest BCUT2D eigenvalue weighted by atomic mass is 32.2. The molecule has 0 saturated heterocycles. The van der Waals surface area contributed by atoms with Crippen LogP contribution in [0.2, 0.25) is 0 Å². The largest absolute Gasteiger partial charge is 0.462 e. The molecule has 1 aromatic carbocycles. The van der Waals surface area contributed by atoms with Crippen LogP contribution in [0.15, 0.2) is 23.4 Å². The first-order chi connectivity index (χ1) is 13.0. The van der Waals surface area contributed by atoms with E-state index in [2.05, 4.69) is 20.3 Å². The molecule has 0 radical (unpaired) electrons. The van der Waals surface area contributed by atoms with Gasteiger partial charge in [0.2, 0.25) is 5.91 Å². The van der Waals surface area contributed by atoms with Gasteiger partial charge in [-0.2, -0.15) is 0 Å². The minimum absolute atomic E-state index is 0.156. The molecule has 2 heterocycles. The number of ether oxygens (including phenoxy) is 1. The Hall–Kier alpha value is -2.39. The Morgan fingerprint density at radius 3 is 2.81 bits per heavy atom. The van der Waals surface area contributed by atoms with Crippen molar-refractivity contribution < 1.29 is 14.3 Å². The second-order valence-corrected chi connectivity index (χ2v) is 7.72. The molecule has 27 heavy (non-hydrogen) atoms. The number of nitrogens with one attached hydrogen (secondary N) is 2. The summed E-state index contributed by atoms with van der Waals surface area (Å²) in [5.74, 6) is -0.285. The Labute approximate surface area is 164 Å². The Morgan fingerprint density at radius 2 is 2.11 bits per heavy atom. The molecule has 3 aromatic rings. The number of esters is 1. The summed E-state index contributed by atoms with van der Waals surface area (Å²) in [7, 11) is 0. The second kappa shape index (κ2) is 8.53. The molecule has 1 amide bonds. The Balaban J connectivity index is 1.63. The van der Waals surface area contributed by atoms with Crippen LogP contribution in [-0.4, -0.2) is 39.2 Å². The molecule has 0 spiro atoms. The molecule has 142 valence electrons. The predicted molar refractivity (Wildman–Crippen MR) is 108 cm³/mol. The molecular weight excluding hydrogens is 384 g/mol. The number of thiazole rings is 1. The fourth-order valence-electron chi connectivity index (χ4n) is 2.49. The number of hydrogen-bond acceptors (Lipinski definition) is 7. The first kappa shape index (κ1) is 19.4. The number of fused-ring (bicyclic) bond motifs is 1. The van der Waals surface area contributed by atoms with E-state index in [4.69, 9.17) is 4.74 Å². The van der Waals surface area contributed by atoms with Crippen molar-refractivity contribution in [2.45, 2.75) is 32.3 Å². The number of aryl methyl sites for hydroxylation is 2. The number of rotatable bonds is 7. The molecule has 7 nitrogen and oxygen atoms in total. The first-order valence-corrected chi connectivity index (χ1v) is 10.4. The van der Waals surface area contributed by atoms with Crippen molar-refractivity contribution in [2.75, 3.05) is 17.7 Å². The van der Waals surface area contributed by atoms with Crippen molar-refractivity contribution in [3.05, 3.63) is 35.2 Å². The number of carbonyl (C=O) groups is 2. The maximum atomic E-state index is 12.2. The van der Waals surface area contributed by atoms with Crippen molar-refractivity contribution in [3.63, 3.8) is 0 Å². The molecule has 3 rings (SSSR count). The Kier molecular flexibility index (Phi) is 6.12. The van der Waals surface area contributed by atoms with Crippen LogP contribution < -0.4 is 5.32 Å². The van der Waals surface area contributed by atoms with Crippen LogP contribution in [0.4, 0.5) is 5.13 Å². The number of hydrogen-bond donors (Lipinski definition) is 2. The Morgan fingerprint density at radius 1 is 1.30 bits per heavy atom. The number of thioether (sulfide) groups is 1. The zero-order valence-corrected chi connectivity index (χ0v) is 16.9. The lowest BCUT2D eigenvalue weighted by atomic mass is 10.2. The number of H-pyrrole nitrogens is 1. The van der Waals surface area contributed by atoms with E-state index in [1.54, 1.807) is 25.1 Å². The summed E-state index contributed by atoms with van der Waals surface area (Å²) in [4.78, 5) is 36.0. The molecule has 0 atom stereocenters. The normalized spacial score (nSPS) is 10.9. The number of amides is 1. The quantitative estimate of drug-likeness (QED) is 0.459. The second-order valence-electron chi connectivity index (χ2n) is 5.73. The molecule has 2 N–H and O–H groups in total. The van der Waals surface area contributed by atoms with E-state index >= 15 is 0 Å². The summed E-state index contributed by atoms with van der Waals surface area (Å²) < 4.78 is 5.82. The number of anilines is 1. The van der Waals surface area contributed by atoms with Gasteiger partial charge < -0.3 is 15.0 Å². The van der Waals surface area contributed by atoms with Crippen molar-refractivity contribution in [1.82, 2.24) is 15.0 Å². The number of carbonyl (C=O) groups excluding carboxylic acids is 2. The molecule has 2 aromatic heterocycles. The van der Waals surface area contributed by atoms with Gasteiger partial charge in [0.05, 0.1) is 33.8 Å². The molecule has 0 saturated carbocycles. The fourth-order valence-corrected chi connectivity index (χ4v) is 4.15. The average Bonchev–Trinajstić information content (AvgIpc) is 3.21. The summed E-state index contributed by atoms with van der Waals surface area (Å²) in [5.41, 5.74) is 3.25. The van der Waals surface area contributed by atoms with E-state index in [1.807, 2.05) is 13.8 Å². The lowest BCUT2D eigenvalue weighted by Gasteiger charge is -2.00. The Bertz CT molecular complexity index is 980. The smallest absolute Gasteiger partial charge is 0.338 e. The number of aromatic nitrogens is 3. The van der Waals surface area contributed by atoms with Crippen LogP contribution in [-0.2, 0) is 16.0 Å². The third-order valence-corrected chi connectivity index (χ3v) is 5.59. The third-order valence-electron chi connectivity index (χ3n) is 3.78. The summed E-state index contributed by atoms with van der Waals surface area (Å²) in [5, 5.41) is 4.04. The van der Waals surface area contributed by atoms with E-state index in [0.717, 1.165) is 33.2 Å². The maximum absolute atomic E-state index is 12.2. The van der Waals surface area contributed by atoms with Crippen LogP contribution in [0.3, 0.4) is 0 Å². The van der Waals surface area contributed by atoms with Gasteiger partial charge in [0.1, 0.15) is 0 Å². The predicted octanol–water partition coefficient (Wildman–Crippen LogP) is 3.80. The monoisotopic (exact) mass is 404 g/mol. The van der Waals surface area contributed by atoms with Crippen molar-refractivity contribution in [3.8, 4) is 0 Å². The van der Waals surface area contributed by atoms with Gasteiger partial charge in [-0.05, 0) is 38.5 Å². The van der Waals surface area contributed by atoms with Gasteiger partial charge in [0.15, 0.2) is 10.3 Å². The SMILES string of the molecule is CCOC(=O)c1ccc2nc(NC(=O)CSc3nc(CC)c(C)[nH]3)sc2c1.